The number of aromatic nitrogens is 3. The minimum atomic E-state index is -0.377. The van der Waals surface area contributed by atoms with Gasteiger partial charge in [-0.3, -0.25) is 5.10 Å². The summed E-state index contributed by atoms with van der Waals surface area (Å²) in [5.41, 5.74) is 6.34. The third-order valence-corrected chi connectivity index (χ3v) is 1.83. The lowest BCUT2D eigenvalue weighted by molar-refractivity contribution is 0.630. The van der Waals surface area contributed by atoms with Gasteiger partial charge in [0.25, 0.3) is 0 Å². The van der Waals surface area contributed by atoms with E-state index in [1.165, 1.54) is 18.2 Å². The lowest BCUT2D eigenvalue weighted by Crippen LogP contribution is -1.90. The molecular weight excluding hydrogens is 183 g/mol. The molecule has 0 saturated carbocycles. The fraction of sp³-hybridized carbons (Fsp3) is 0.111. The molecule has 0 aliphatic carbocycles. The second-order valence-electron chi connectivity index (χ2n) is 2.98. The first-order valence-corrected chi connectivity index (χ1v) is 4.11. The van der Waals surface area contributed by atoms with Crippen molar-refractivity contribution in [2.45, 2.75) is 6.92 Å². The topological polar surface area (TPSA) is 67.6 Å². The van der Waals surface area contributed by atoms with Gasteiger partial charge in [-0.15, -0.1) is 0 Å². The van der Waals surface area contributed by atoms with E-state index in [-0.39, 0.29) is 5.82 Å². The summed E-state index contributed by atoms with van der Waals surface area (Å²) in [5.74, 6) is 0.590. The van der Waals surface area contributed by atoms with Crippen molar-refractivity contribution in [1.29, 1.82) is 0 Å². The Labute approximate surface area is 80.0 Å². The Morgan fingerprint density at radius 3 is 2.86 bits per heavy atom. The van der Waals surface area contributed by atoms with Gasteiger partial charge in [-0.1, -0.05) is 0 Å². The van der Waals surface area contributed by atoms with E-state index < -0.39 is 0 Å². The van der Waals surface area contributed by atoms with Crippen molar-refractivity contribution < 1.29 is 4.39 Å². The van der Waals surface area contributed by atoms with Crippen LogP contribution in [0.3, 0.4) is 0 Å². The highest BCUT2D eigenvalue weighted by molar-refractivity contribution is 5.61. The van der Waals surface area contributed by atoms with Gasteiger partial charge in [-0.25, -0.2) is 9.37 Å². The summed E-state index contributed by atoms with van der Waals surface area (Å²) in [5, 5.41) is 6.50. The van der Waals surface area contributed by atoms with Crippen LogP contribution in [-0.2, 0) is 0 Å². The van der Waals surface area contributed by atoms with E-state index in [0.29, 0.717) is 22.9 Å². The predicted molar refractivity (Wildman–Crippen MR) is 50.9 cm³/mol. The number of nitrogens with two attached hydrogens (primary N) is 1. The van der Waals surface area contributed by atoms with Crippen LogP contribution >= 0.6 is 0 Å². The molecule has 2 rings (SSSR count). The molecule has 0 radical (unpaired) electrons. The quantitative estimate of drug-likeness (QED) is 0.673. The molecule has 0 fully saturated rings. The van der Waals surface area contributed by atoms with Gasteiger partial charge in [0.05, 0.1) is 5.56 Å². The van der Waals surface area contributed by atoms with Crippen molar-refractivity contribution >= 4 is 5.69 Å². The van der Waals surface area contributed by atoms with Crippen molar-refractivity contribution in [1.82, 2.24) is 15.2 Å². The van der Waals surface area contributed by atoms with Gasteiger partial charge in [-0.2, -0.15) is 5.10 Å². The maximum absolute atomic E-state index is 13.3. The van der Waals surface area contributed by atoms with E-state index in [0.717, 1.165) is 0 Å². The minimum absolute atomic E-state index is 0.314. The molecule has 0 aliphatic rings. The molecule has 72 valence electrons. The van der Waals surface area contributed by atoms with Gasteiger partial charge in [0.15, 0.2) is 5.82 Å². The number of halogens is 1. The smallest absolute Gasteiger partial charge is 0.184 e. The maximum Gasteiger partial charge on any atom is 0.184 e. The van der Waals surface area contributed by atoms with Crippen molar-refractivity contribution in [3.63, 3.8) is 0 Å². The number of aryl methyl sites for hydroxylation is 1. The molecule has 0 amide bonds. The Hall–Kier alpha value is -1.91. The van der Waals surface area contributed by atoms with Crippen molar-refractivity contribution in [3.8, 4) is 11.4 Å². The second-order valence-corrected chi connectivity index (χ2v) is 2.98. The van der Waals surface area contributed by atoms with Gasteiger partial charge in [0, 0.05) is 5.69 Å². The number of H-pyrrole nitrogens is 1. The van der Waals surface area contributed by atoms with Crippen LogP contribution in [0.2, 0.25) is 0 Å². The summed E-state index contributed by atoms with van der Waals surface area (Å²) < 4.78 is 13.3. The summed E-state index contributed by atoms with van der Waals surface area (Å²) >= 11 is 0. The first kappa shape index (κ1) is 8.68. The normalized spacial score (nSPS) is 10.4. The number of anilines is 1. The summed E-state index contributed by atoms with van der Waals surface area (Å²) in [6.07, 6.45) is 0. The lowest BCUT2D eigenvalue weighted by atomic mass is 10.2. The minimum Gasteiger partial charge on any atom is -0.399 e. The Bertz CT molecular complexity index is 464. The first-order chi connectivity index (χ1) is 6.66. The molecule has 5 heteroatoms. The van der Waals surface area contributed by atoms with E-state index in [1.807, 2.05) is 0 Å². The SMILES string of the molecule is Cc1nc(-c2cc(N)ccc2F)n[nH]1. The Kier molecular flexibility index (Phi) is 1.92. The van der Waals surface area contributed by atoms with E-state index in [4.69, 9.17) is 5.73 Å². The molecule has 14 heavy (non-hydrogen) atoms. The lowest BCUT2D eigenvalue weighted by Gasteiger charge is -1.98. The molecule has 1 heterocycles. The maximum atomic E-state index is 13.3. The molecule has 0 saturated heterocycles. The number of nitrogens with zero attached hydrogens (tertiary/aromatic N) is 2. The number of nitrogens with one attached hydrogen (secondary N) is 1. The van der Waals surface area contributed by atoms with E-state index in [1.54, 1.807) is 6.92 Å². The van der Waals surface area contributed by atoms with Crippen molar-refractivity contribution in [2.75, 3.05) is 5.73 Å². The number of rotatable bonds is 1. The van der Waals surface area contributed by atoms with Crippen molar-refractivity contribution in [3.05, 3.63) is 29.8 Å². The monoisotopic (exact) mass is 192 g/mol. The number of benzene rings is 1. The summed E-state index contributed by atoms with van der Waals surface area (Å²) in [4.78, 5) is 4.02. The van der Waals surface area contributed by atoms with Crippen LogP contribution in [0, 0.1) is 12.7 Å². The van der Waals surface area contributed by atoms with Gasteiger partial charge in [0.1, 0.15) is 11.6 Å². The zero-order valence-corrected chi connectivity index (χ0v) is 7.58. The van der Waals surface area contributed by atoms with E-state index in [2.05, 4.69) is 15.2 Å². The first-order valence-electron chi connectivity index (χ1n) is 4.11. The third kappa shape index (κ3) is 1.44. The van der Waals surface area contributed by atoms with Crippen LogP contribution in [0.1, 0.15) is 5.82 Å². The molecule has 0 aliphatic heterocycles. The molecule has 1 aromatic heterocycles. The molecule has 0 spiro atoms. The van der Waals surface area contributed by atoms with Gasteiger partial charge in [0.2, 0.25) is 0 Å². The number of aromatic amines is 1. The molecule has 0 bridgehead atoms. The molecule has 2 aromatic rings. The molecule has 0 unspecified atom stereocenters. The van der Waals surface area contributed by atoms with Crippen LogP contribution in [0.15, 0.2) is 18.2 Å². The van der Waals surface area contributed by atoms with Gasteiger partial charge in [-0.05, 0) is 25.1 Å². The highest BCUT2D eigenvalue weighted by Crippen LogP contribution is 2.21. The van der Waals surface area contributed by atoms with Crippen LogP contribution in [0.5, 0.6) is 0 Å². The van der Waals surface area contributed by atoms with Crippen molar-refractivity contribution in [2.24, 2.45) is 0 Å². The summed E-state index contributed by atoms with van der Waals surface area (Å²) in [6.45, 7) is 1.75. The number of nitrogen functional groups attached to an aromatic ring is 1. The average Bonchev–Trinajstić information content (AvgIpc) is 2.56. The number of hydrogen-bond acceptors (Lipinski definition) is 3. The van der Waals surface area contributed by atoms with E-state index >= 15 is 0 Å². The highest BCUT2D eigenvalue weighted by atomic mass is 19.1. The van der Waals surface area contributed by atoms with Crippen LogP contribution in [-0.4, -0.2) is 15.2 Å². The average molecular weight is 192 g/mol. The number of hydrogen-bond donors (Lipinski definition) is 2. The molecule has 1 aromatic carbocycles. The fourth-order valence-corrected chi connectivity index (χ4v) is 1.18. The Morgan fingerprint density at radius 1 is 1.43 bits per heavy atom. The van der Waals surface area contributed by atoms with Gasteiger partial charge < -0.3 is 5.73 Å². The molecule has 4 nitrogen and oxygen atoms in total. The van der Waals surface area contributed by atoms with Gasteiger partial charge >= 0.3 is 0 Å². The Balaban J connectivity index is 2.55. The molecule has 3 N–H and O–H groups in total. The molecular formula is C9H9FN4. The fourth-order valence-electron chi connectivity index (χ4n) is 1.18. The summed E-state index contributed by atoms with van der Waals surface area (Å²) in [6, 6.07) is 4.31. The van der Waals surface area contributed by atoms with Crippen LogP contribution in [0.25, 0.3) is 11.4 Å². The Morgan fingerprint density at radius 2 is 2.21 bits per heavy atom. The van der Waals surface area contributed by atoms with Crippen LogP contribution < -0.4 is 5.73 Å². The largest absolute Gasteiger partial charge is 0.399 e. The standard InChI is InChI=1S/C9H9FN4/c1-5-12-9(14-13-5)7-4-6(11)2-3-8(7)10/h2-4H,11H2,1H3,(H,12,13,14). The highest BCUT2D eigenvalue weighted by Gasteiger charge is 2.09. The zero-order valence-electron chi connectivity index (χ0n) is 7.58. The third-order valence-electron chi connectivity index (χ3n) is 1.83. The summed E-state index contributed by atoms with van der Waals surface area (Å²) in [7, 11) is 0. The van der Waals surface area contributed by atoms with Crippen LogP contribution in [0.4, 0.5) is 10.1 Å². The zero-order chi connectivity index (χ0) is 10.1. The predicted octanol–water partition coefficient (Wildman–Crippen LogP) is 1.50. The second kappa shape index (κ2) is 3.10. The van der Waals surface area contributed by atoms with E-state index in [9.17, 15) is 4.39 Å². The molecule has 0 atom stereocenters.